The van der Waals surface area contributed by atoms with Crippen LogP contribution >= 0.6 is 0 Å². The summed E-state index contributed by atoms with van der Waals surface area (Å²) < 4.78 is 5.66. The first-order valence-corrected chi connectivity index (χ1v) is 7.72. The van der Waals surface area contributed by atoms with Gasteiger partial charge in [-0.15, -0.1) is 0 Å². The minimum absolute atomic E-state index is 0.00335. The number of aromatic nitrogens is 4. The van der Waals surface area contributed by atoms with Crippen molar-refractivity contribution in [3.8, 4) is 0 Å². The second kappa shape index (κ2) is 7.23. The zero-order valence-electron chi connectivity index (χ0n) is 13.0. The number of carbonyl (C=O) groups excluding carboxylic acids is 1. The van der Waals surface area contributed by atoms with Gasteiger partial charge in [-0.25, -0.2) is 19.9 Å². The van der Waals surface area contributed by atoms with Gasteiger partial charge in [-0.2, -0.15) is 0 Å². The monoisotopic (exact) mass is 313 g/mol. The predicted molar refractivity (Wildman–Crippen MR) is 82.5 cm³/mol. The van der Waals surface area contributed by atoms with Crippen LogP contribution in [0.15, 0.2) is 24.7 Å². The van der Waals surface area contributed by atoms with Gasteiger partial charge >= 0.3 is 0 Å². The van der Waals surface area contributed by atoms with Crippen LogP contribution in [0.25, 0.3) is 0 Å². The van der Waals surface area contributed by atoms with Crippen molar-refractivity contribution in [2.24, 2.45) is 0 Å². The highest BCUT2D eigenvalue weighted by Crippen LogP contribution is 2.24. The lowest BCUT2D eigenvalue weighted by Gasteiger charge is -2.21. The van der Waals surface area contributed by atoms with Gasteiger partial charge in [0.25, 0.3) is 5.91 Å². The standard InChI is InChI=1S/C16H19N5O2/c1-11-17-6-5-13(21-11)16(22)20-10-12-8-18-15(19-9-12)14-4-2-3-7-23-14/h5-6,8-9,14H,2-4,7,10H2,1H3,(H,20,22). The molecule has 1 N–H and O–H groups in total. The van der Waals surface area contributed by atoms with Gasteiger partial charge in [-0.3, -0.25) is 4.79 Å². The molecule has 1 saturated heterocycles. The van der Waals surface area contributed by atoms with Gasteiger partial charge in [0.2, 0.25) is 0 Å². The van der Waals surface area contributed by atoms with Crippen molar-refractivity contribution < 1.29 is 9.53 Å². The van der Waals surface area contributed by atoms with E-state index >= 15 is 0 Å². The predicted octanol–water partition coefficient (Wildman–Crippen LogP) is 1.75. The van der Waals surface area contributed by atoms with Crippen molar-refractivity contribution in [3.63, 3.8) is 0 Å². The number of amides is 1. The highest BCUT2D eigenvalue weighted by Gasteiger charge is 2.18. The number of ether oxygens (including phenoxy) is 1. The van der Waals surface area contributed by atoms with Crippen molar-refractivity contribution in [1.82, 2.24) is 25.3 Å². The van der Waals surface area contributed by atoms with Crippen LogP contribution < -0.4 is 5.32 Å². The Labute approximate surface area is 134 Å². The Kier molecular flexibility index (Phi) is 4.87. The molecule has 0 bridgehead atoms. The summed E-state index contributed by atoms with van der Waals surface area (Å²) in [6.45, 7) is 2.87. The van der Waals surface area contributed by atoms with Crippen LogP contribution in [0.3, 0.4) is 0 Å². The first kappa shape index (κ1) is 15.5. The van der Waals surface area contributed by atoms with Crippen LogP contribution in [0.5, 0.6) is 0 Å². The van der Waals surface area contributed by atoms with Gasteiger partial charge in [0.05, 0.1) is 0 Å². The van der Waals surface area contributed by atoms with E-state index in [4.69, 9.17) is 4.74 Å². The topological polar surface area (TPSA) is 89.9 Å². The summed E-state index contributed by atoms with van der Waals surface area (Å²) in [5, 5.41) is 2.80. The number of rotatable bonds is 4. The summed E-state index contributed by atoms with van der Waals surface area (Å²) >= 11 is 0. The zero-order valence-corrected chi connectivity index (χ0v) is 13.0. The van der Waals surface area contributed by atoms with E-state index in [0.717, 1.165) is 31.4 Å². The fourth-order valence-corrected chi connectivity index (χ4v) is 2.42. The van der Waals surface area contributed by atoms with Gasteiger partial charge in [-0.1, -0.05) is 0 Å². The highest BCUT2D eigenvalue weighted by molar-refractivity contribution is 5.92. The molecule has 120 valence electrons. The highest BCUT2D eigenvalue weighted by atomic mass is 16.5. The molecule has 0 aromatic carbocycles. The van der Waals surface area contributed by atoms with E-state index < -0.39 is 0 Å². The van der Waals surface area contributed by atoms with E-state index in [0.29, 0.717) is 23.9 Å². The first-order valence-electron chi connectivity index (χ1n) is 7.72. The Morgan fingerprint density at radius 1 is 1.30 bits per heavy atom. The van der Waals surface area contributed by atoms with Crippen molar-refractivity contribution in [1.29, 1.82) is 0 Å². The average Bonchev–Trinajstić information content (AvgIpc) is 2.61. The van der Waals surface area contributed by atoms with Crippen LogP contribution in [-0.2, 0) is 11.3 Å². The Morgan fingerprint density at radius 3 is 2.83 bits per heavy atom. The third-order valence-corrected chi connectivity index (χ3v) is 3.65. The van der Waals surface area contributed by atoms with Gasteiger partial charge < -0.3 is 10.1 Å². The molecule has 1 atom stereocenters. The molecule has 7 heteroatoms. The second-order valence-electron chi connectivity index (χ2n) is 5.48. The lowest BCUT2D eigenvalue weighted by atomic mass is 10.1. The Hall–Kier alpha value is -2.41. The molecule has 1 aliphatic rings. The molecular formula is C16H19N5O2. The largest absolute Gasteiger partial charge is 0.370 e. The number of carbonyl (C=O) groups is 1. The van der Waals surface area contributed by atoms with Gasteiger partial charge in [0, 0.05) is 37.3 Å². The molecule has 1 fully saturated rings. The number of hydrogen-bond acceptors (Lipinski definition) is 6. The molecule has 1 amide bonds. The number of aryl methyl sites for hydroxylation is 1. The van der Waals surface area contributed by atoms with Crippen LogP contribution in [0.2, 0.25) is 0 Å². The molecule has 1 unspecified atom stereocenters. The summed E-state index contributed by atoms with van der Waals surface area (Å²) in [6, 6.07) is 1.59. The van der Waals surface area contributed by atoms with E-state index in [1.165, 1.54) is 0 Å². The fourth-order valence-electron chi connectivity index (χ4n) is 2.42. The summed E-state index contributed by atoms with van der Waals surface area (Å²) in [5.74, 6) is 1.04. The minimum Gasteiger partial charge on any atom is -0.370 e. The van der Waals surface area contributed by atoms with Crippen LogP contribution in [0.4, 0.5) is 0 Å². The SMILES string of the molecule is Cc1nccc(C(=O)NCc2cnc(C3CCCCO3)nc2)n1. The Morgan fingerprint density at radius 2 is 2.13 bits per heavy atom. The van der Waals surface area contributed by atoms with Gasteiger partial charge in [0.15, 0.2) is 5.82 Å². The fraction of sp³-hybridized carbons (Fsp3) is 0.438. The van der Waals surface area contributed by atoms with E-state index in [1.54, 1.807) is 31.6 Å². The van der Waals surface area contributed by atoms with E-state index in [9.17, 15) is 4.79 Å². The second-order valence-corrected chi connectivity index (χ2v) is 5.48. The van der Waals surface area contributed by atoms with Crippen molar-refractivity contribution in [2.45, 2.75) is 38.8 Å². The molecule has 2 aromatic rings. The van der Waals surface area contributed by atoms with Crippen LogP contribution in [0.1, 0.15) is 53.1 Å². The maximum Gasteiger partial charge on any atom is 0.270 e. The van der Waals surface area contributed by atoms with Crippen molar-refractivity contribution >= 4 is 5.91 Å². The first-order chi connectivity index (χ1) is 11.2. The molecule has 1 aliphatic heterocycles. The molecule has 3 rings (SSSR count). The normalized spacial score (nSPS) is 17.7. The third kappa shape index (κ3) is 4.07. The van der Waals surface area contributed by atoms with E-state index in [2.05, 4.69) is 25.3 Å². The summed E-state index contributed by atoms with van der Waals surface area (Å²) in [5.41, 5.74) is 1.19. The van der Waals surface area contributed by atoms with Crippen LogP contribution in [-0.4, -0.2) is 32.4 Å². The number of nitrogens with zero attached hydrogens (tertiary/aromatic N) is 4. The van der Waals surface area contributed by atoms with E-state index in [1.807, 2.05) is 0 Å². The maximum absolute atomic E-state index is 12.0. The molecule has 0 radical (unpaired) electrons. The molecule has 7 nitrogen and oxygen atoms in total. The maximum atomic E-state index is 12.0. The minimum atomic E-state index is -0.241. The summed E-state index contributed by atoms with van der Waals surface area (Å²) in [7, 11) is 0. The summed E-state index contributed by atoms with van der Waals surface area (Å²) in [6.07, 6.45) is 8.23. The van der Waals surface area contributed by atoms with Gasteiger partial charge in [0.1, 0.15) is 17.6 Å². The summed E-state index contributed by atoms with van der Waals surface area (Å²) in [4.78, 5) is 28.8. The molecule has 3 heterocycles. The Balaban J connectivity index is 1.57. The number of hydrogen-bond donors (Lipinski definition) is 1. The lowest BCUT2D eigenvalue weighted by molar-refractivity contribution is 0.00940. The molecule has 0 spiro atoms. The van der Waals surface area contributed by atoms with Crippen LogP contribution in [0, 0.1) is 6.92 Å². The van der Waals surface area contributed by atoms with E-state index in [-0.39, 0.29) is 12.0 Å². The smallest absolute Gasteiger partial charge is 0.270 e. The molecule has 0 saturated carbocycles. The molecule has 23 heavy (non-hydrogen) atoms. The molecular weight excluding hydrogens is 294 g/mol. The number of nitrogens with one attached hydrogen (secondary N) is 1. The molecule has 2 aromatic heterocycles. The van der Waals surface area contributed by atoms with Gasteiger partial charge in [-0.05, 0) is 32.3 Å². The van der Waals surface area contributed by atoms with Crippen molar-refractivity contribution in [3.05, 3.63) is 47.6 Å². The quantitative estimate of drug-likeness (QED) is 0.925. The lowest BCUT2D eigenvalue weighted by Crippen LogP contribution is -2.24. The third-order valence-electron chi connectivity index (χ3n) is 3.65. The van der Waals surface area contributed by atoms with Crippen molar-refractivity contribution in [2.75, 3.05) is 6.61 Å². The zero-order chi connectivity index (χ0) is 16.1. The Bertz CT molecular complexity index is 668. The molecule has 0 aliphatic carbocycles. The average molecular weight is 313 g/mol.